The fourth-order valence-corrected chi connectivity index (χ4v) is 1.98. The first-order valence-corrected chi connectivity index (χ1v) is 6.55. The molecular weight excluding hydrogens is 238 g/mol. The Kier molecular flexibility index (Phi) is 5.12. The van der Waals surface area contributed by atoms with Crippen LogP contribution in [0.15, 0.2) is 36.7 Å². The molecule has 0 saturated carbocycles. The van der Waals surface area contributed by atoms with Crippen LogP contribution in [0.2, 0.25) is 0 Å². The number of nitrogens with one attached hydrogen (secondary N) is 1. The number of rotatable bonds is 7. The van der Waals surface area contributed by atoms with E-state index in [2.05, 4.69) is 39.4 Å². The van der Waals surface area contributed by atoms with Crippen molar-refractivity contribution in [3.05, 3.63) is 53.6 Å². The summed E-state index contributed by atoms with van der Waals surface area (Å²) in [6, 6.07) is 8.26. The van der Waals surface area contributed by atoms with Crippen LogP contribution in [0.5, 0.6) is 0 Å². The van der Waals surface area contributed by atoms with Crippen molar-refractivity contribution in [3.8, 4) is 0 Å². The normalized spacial score (nSPS) is 10.8. The zero-order chi connectivity index (χ0) is 13.5. The van der Waals surface area contributed by atoms with Gasteiger partial charge in [-0.2, -0.15) is 0 Å². The number of hydrogen-bond donors (Lipinski definition) is 1. The number of pyridine rings is 1. The predicted molar refractivity (Wildman–Crippen MR) is 76.1 cm³/mol. The fraction of sp³-hybridized carbons (Fsp3) is 0.400. The second kappa shape index (κ2) is 7.07. The lowest BCUT2D eigenvalue weighted by Crippen LogP contribution is -2.18. The molecule has 0 fully saturated rings. The lowest BCUT2D eigenvalue weighted by atomic mass is 10.3. The van der Waals surface area contributed by atoms with Crippen LogP contribution >= 0.6 is 0 Å². The van der Waals surface area contributed by atoms with Crippen molar-refractivity contribution in [3.63, 3.8) is 0 Å². The van der Waals surface area contributed by atoms with Crippen molar-refractivity contribution in [2.45, 2.75) is 20.0 Å². The first-order valence-electron chi connectivity index (χ1n) is 6.55. The average molecular weight is 259 g/mol. The lowest BCUT2D eigenvalue weighted by molar-refractivity contribution is 0.199. The van der Waals surface area contributed by atoms with Crippen LogP contribution in [0.1, 0.15) is 17.0 Å². The Morgan fingerprint density at radius 3 is 3.00 bits per heavy atom. The summed E-state index contributed by atoms with van der Waals surface area (Å²) in [5.74, 6) is 0. The average Bonchev–Trinajstić information content (AvgIpc) is 2.82. The van der Waals surface area contributed by atoms with Crippen molar-refractivity contribution < 1.29 is 4.74 Å². The maximum atomic E-state index is 5.00. The van der Waals surface area contributed by atoms with Gasteiger partial charge in [0, 0.05) is 38.3 Å². The highest BCUT2D eigenvalue weighted by Gasteiger charge is 1.99. The van der Waals surface area contributed by atoms with Crippen LogP contribution in [0, 0.1) is 6.92 Å². The molecule has 2 aromatic rings. The zero-order valence-electron chi connectivity index (χ0n) is 11.6. The minimum absolute atomic E-state index is 0.744. The van der Waals surface area contributed by atoms with Crippen molar-refractivity contribution in [1.82, 2.24) is 14.9 Å². The molecule has 0 spiro atoms. The lowest BCUT2D eigenvalue weighted by Gasteiger charge is -2.04. The molecule has 0 unspecified atom stereocenters. The minimum atomic E-state index is 0.744. The molecule has 102 valence electrons. The largest absolute Gasteiger partial charge is 0.383 e. The van der Waals surface area contributed by atoms with Crippen molar-refractivity contribution in [2.75, 3.05) is 20.3 Å². The van der Waals surface area contributed by atoms with Gasteiger partial charge in [0.25, 0.3) is 0 Å². The topological polar surface area (TPSA) is 39.1 Å². The summed E-state index contributed by atoms with van der Waals surface area (Å²) < 4.78 is 7.16. The zero-order valence-corrected chi connectivity index (χ0v) is 11.6. The molecule has 0 aliphatic carbocycles. The van der Waals surface area contributed by atoms with Crippen LogP contribution in [-0.2, 0) is 17.8 Å². The first-order chi connectivity index (χ1) is 9.28. The molecule has 0 saturated heterocycles. The number of hydrogen-bond acceptors (Lipinski definition) is 3. The molecule has 0 radical (unpaired) electrons. The monoisotopic (exact) mass is 259 g/mol. The number of methoxy groups -OCH3 is 1. The van der Waals surface area contributed by atoms with Gasteiger partial charge in [0.1, 0.15) is 0 Å². The Morgan fingerprint density at radius 1 is 1.32 bits per heavy atom. The second-order valence-corrected chi connectivity index (χ2v) is 4.63. The SMILES string of the molecule is COCCNCc1ccn(Cc2cccc(C)n2)c1. The third-order valence-corrected chi connectivity index (χ3v) is 2.91. The third kappa shape index (κ3) is 4.50. The Balaban J connectivity index is 1.87. The van der Waals surface area contributed by atoms with E-state index in [1.807, 2.05) is 19.1 Å². The fourth-order valence-electron chi connectivity index (χ4n) is 1.98. The van der Waals surface area contributed by atoms with Gasteiger partial charge in [0.05, 0.1) is 18.8 Å². The van der Waals surface area contributed by atoms with Crippen LogP contribution < -0.4 is 5.32 Å². The molecule has 1 N–H and O–H groups in total. The van der Waals surface area contributed by atoms with E-state index in [4.69, 9.17) is 4.74 Å². The van der Waals surface area contributed by atoms with Gasteiger partial charge in [-0.3, -0.25) is 4.98 Å². The summed E-state index contributed by atoms with van der Waals surface area (Å²) in [5, 5.41) is 3.33. The number of nitrogens with zero attached hydrogens (tertiary/aromatic N) is 2. The second-order valence-electron chi connectivity index (χ2n) is 4.63. The molecule has 0 amide bonds. The van der Waals surface area contributed by atoms with Crippen molar-refractivity contribution in [1.29, 1.82) is 0 Å². The maximum Gasteiger partial charge on any atom is 0.0642 e. The van der Waals surface area contributed by atoms with Crippen LogP contribution in [0.4, 0.5) is 0 Å². The summed E-state index contributed by atoms with van der Waals surface area (Å²) >= 11 is 0. The molecule has 0 bridgehead atoms. The van der Waals surface area contributed by atoms with E-state index in [0.717, 1.165) is 37.6 Å². The van der Waals surface area contributed by atoms with E-state index in [9.17, 15) is 0 Å². The van der Waals surface area contributed by atoms with Gasteiger partial charge in [-0.1, -0.05) is 6.07 Å². The Morgan fingerprint density at radius 2 is 2.21 bits per heavy atom. The van der Waals surface area contributed by atoms with Gasteiger partial charge in [-0.15, -0.1) is 0 Å². The molecule has 2 rings (SSSR count). The van der Waals surface area contributed by atoms with E-state index < -0.39 is 0 Å². The molecule has 0 aromatic carbocycles. The van der Waals surface area contributed by atoms with E-state index in [1.54, 1.807) is 7.11 Å². The molecule has 4 heteroatoms. The van der Waals surface area contributed by atoms with E-state index >= 15 is 0 Å². The minimum Gasteiger partial charge on any atom is -0.383 e. The number of aromatic nitrogens is 2. The Hall–Kier alpha value is -1.65. The third-order valence-electron chi connectivity index (χ3n) is 2.91. The smallest absolute Gasteiger partial charge is 0.0642 e. The summed E-state index contributed by atoms with van der Waals surface area (Å²) in [5.41, 5.74) is 3.43. The summed E-state index contributed by atoms with van der Waals surface area (Å²) in [6.45, 7) is 5.33. The highest BCUT2D eigenvalue weighted by Crippen LogP contribution is 2.05. The molecule has 0 aliphatic heterocycles. The van der Waals surface area contributed by atoms with E-state index in [-0.39, 0.29) is 0 Å². The summed E-state index contributed by atoms with van der Waals surface area (Å²) in [7, 11) is 1.72. The number of ether oxygens (including phenoxy) is 1. The molecule has 4 nitrogen and oxygen atoms in total. The van der Waals surface area contributed by atoms with Gasteiger partial charge in [-0.05, 0) is 30.7 Å². The van der Waals surface area contributed by atoms with E-state index in [0.29, 0.717) is 0 Å². The Labute approximate surface area is 114 Å². The van der Waals surface area contributed by atoms with Crippen LogP contribution in [-0.4, -0.2) is 29.8 Å². The van der Waals surface area contributed by atoms with Crippen LogP contribution in [0.25, 0.3) is 0 Å². The van der Waals surface area contributed by atoms with Gasteiger partial charge >= 0.3 is 0 Å². The van der Waals surface area contributed by atoms with Gasteiger partial charge in [-0.25, -0.2) is 0 Å². The molecule has 2 heterocycles. The first kappa shape index (κ1) is 13.8. The quantitative estimate of drug-likeness (QED) is 0.773. The van der Waals surface area contributed by atoms with Crippen molar-refractivity contribution >= 4 is 0 Å². The van der Waals surface area contributed by atoms with E-state index in [1.165, 1.54) is 5.56 Å². The highest BCUT2D eigenvalue weighted by molar-refractivity contribution is 5.14. The maximum absolute atomic E-state index is 5.00. The van der Waals surface area contributed by atoms with Gasteiger partial charge in [0.15, 0.2) is 0 Å². The van der Waals surface area contributed by atoms with Gasteiger partial charge < -0.3 is 14.6 Å². The molecule has 2 aromatic heterocycles. The predicted octanol–water partition coefficient (Wildman–Crippen LogP) is 1.98. The molecular formula is C15H21N3O. The molecule has 0 aliphatic rings. The van der Waals surface area contributed by atoms with Crippen molar-refractivity contribution in [2.24, 2.45) is 0 Å². The standard InChI is InChI=1S/C15H21N3O/c1-13-4-3-5-15(17-13)12-18-8-6-14(11-18)10-16-7-9-19-2/h3-6,8,11,16H,7,9-10,12H2,1-2H3. The van der Waals surface area contributed by atoms with Crippen LogP contribution in [0.3, 0.4) is 0 Å². The highest BCUT2D eigenvalue weighted by atomic mass is 16.5. The van der Waals surface area contributed by atoms with Gasteiger partial charge in [0.2, 0.25) is 0 Å². The molecule has 19 heavy (non-hydrogen) atoms. The number of aryl methyl sites for hydroxylation is 1. The summed E-state index contributed by atoms with van der Waals surface area (Å²) in [6.07, 6.45) is 4.25. The summed E-state index contributed by atoms with van der Waals surface area (Å²) in [4.78, 5) is 4.51. The Bertz CT molecular complexity index is 508. The molecule has 0 atom stereocenters.